The van der Waals surface area contributed by atoms with Gasteiger partial charge in [-0.15, -0.1) is 0 Å². The topological polar surface area (TPSA) is 50.7 Å². The van der Waals surface area contributed by atoms with Gasteiger partial charge in [-0.2, -0.15) is 0 Å². The van der Waals surface area contributed by atoms with Crippen LogP contribution in [0.25, 0.3) is 17.1 Å². The molecule has 4 nitrogen and oxygen atoms in total. The average molecular weight is 383 g/mol. The quantitative estimate of drug-likeness (QED) is 0.525. The van der Waals surface area contributed by atoms with Crippen molar-refractivity contribution in [3.8, 4) is 17.1 Å². The number of aromatic amines is 1. The molecule has 1 aliphatic carbocycles. The second-order valence-electron chi connectivity index (χ2n) is 8.15. The molecule has 4 heteroatoms. The van der Waals surface area contributed by atoms with Gasteiger partial charge in [0.1, 0.15) is 5.69 Å². The highest BCUT2D eigenvalue weighted by Crippen LogP contribution is 2.37. The zero-order valence-corrected chi connectivity index (χ0v) is 16.7. The number of benzene rings is 2. The van der Waals surface area contributed by atoms with E-state index in [1.54, 1.807) is 4.57 Å². The first-order chi connectivity index (χ1) is 14.2. The summed E-state index contributed by atoms with van der Waals surface area (Å²) in [6.07, 6.45) is 7.25. The molecular weight excluding hydrogens is 358 g/mol. The van der Waals surface area contributed by atoms with Gasteiger partial charge in [0.05, 0.1) is 11.4 Å². The van der Waals surface area contributed by atoms with Gasteiger partial charge in [0.25, 0.3) is 5.56 Å². The van der Waals surface area contributed by atoms with Crippen LogP contribution in [-0.4, -0.2) is 14.5 Å². The number of imidazole rings is 1. The van der Waals surface area contributed by atoms with E-state index < -0.39 is 0 Å². The van der Waals surface area contributed by atoms with Gasteiger partial charge in [-0.05, 0) is 30.9 Å². The summed E-state index contributed by atoms with van der Waals surface area (Å²) < 4.78 is 1.76. The first kappa shape index (κ1) is 17.9. The van der Waals surface area contributed by atoms with E-state index in [9.17, 15) is 4.79 Å². The van der Waals surface area contributed by atoms with Crippen LogP contribution in [0.3, 0.4) is 0 Å². The second kappa shape index (κ2) is 7.36. The maximum atomic E-state index is 13.2. The molecular formula is C25H25N3O. The molecule has 0 radical (unpaired) electrons. The summed E-state index contributed by atoms with van der Waals surface area (Å²) in [5.74, 6) is 1.24. The average Bonchev–Trinajstić information content (AvgIpc) is 3.39. The van der Waals surface area contributed by atoms with Gasteiger partial charge in [0.15, 0.2) is 5.82 Å². The van der Waals surface area contributed by atoms with E-state index in [4.69, 9.17) is 4.98 Å². The third-order valence-corrected chi connectivity index (χ3v) is 6.04. The van der Waals surface area contributed by atoms with Crippen LogP contribution in [0.4, 0.5) is 0 Å². The summed E-state index contributed by atoms with van der Waals surface area (Å²) in [6, 6.07) is 18.5. The summed E-state index contributed by atoms with van der Waals surface area (Å²) in [4.78, 5) is 21.7. The summed E-state index contributed by atoms with van der Waals surface area (Å²) in [7, 11) is 0. The van der Waals surface area contributed by atoms with Crippen molar-refractivity contribution in [1.29, 1.82) is 0 Å². The SMILES string of the molecule is Cc1ccc(Cc2nc3c(C4CCCC4)[nH]c(-c4ccccc4)cn-3c2=O)cc1. The van der Waals surface area contributed by atoms with Crippen molar-refractivity contribution in [2.45, 2.75) is 44.9 Å². The Kier molecular flexibility index (Phi) is 4.55. The molecule has 2 heterocycles. The van der Waals surface area contributed by atoms with Crippen LogP contribution in [0.15, 0.2) is 65.6 Å². The van der Waals surface area contributed by atoms with Gasteiger partial charge in [0, 0.05) is 18.5 Å². The van der Waals surface area contributed by atoms with Crippen molar-refractivity contribution in [2.24, 2.45) is 0 Å². The number of H-pyrrole nitrogens is 1. The van der Waals surface area contributed by atoms with Crippen LogP contribution in [0.2, 0.25) is 0 Å². The molecule has 0 bridgehead atoms. The minimum absolute atomic E-state index is 0.00833. The third kappa shape index (κ3) is 3.39. The van der Waals surface area contributed by atoms with E-state index in [1.807, 2.05) is 24.4 Å². The molecule has 0 aromatic heterocycles. The molecule has 1 saturated carbocycles. The Bertz CT molecular complexity index is 1150. The summed E-state index contributed by atoms with van der Waals surface area (Å²) in [5.41, 5.74) is 6.11. The lowest BCUT2D eigenvalue weighted by Gasteiger charge is -2.17. The maximum Gasteiger partial charge on any atom is 0.278 e. The fraction of sp³-hybridized carbons (Fsp3) is 0.280. The predicted octanol–water partition coefficient (Wildman–Crippen LogP) is 5.22. The molecule has 1 N–H and O–H groups in total. The fourth-order valence-corrected chi connectivity index (χ4v) is 4.41. The van der Waals surface area contributed by atoms with Crippen LogP contribution in [0, 0.1) is 6.92 Å². The maximum absolute atomic E-state index is 13.2. The highest BCUT2D eigenvalue weighted by atomic mass is 16.1. The van der Waals surface area contributed by atoms with Crippen LogP contribution in [-0.2, 0) is 6.42 Å². The van der Waals surface area contributed by atoms with E-state index in [0.29, 0.717) is 18.0 Å². The van der Waals surface area contributed by atoms with E-state index in [1.165, 1.54) is 18.4 Å². The van der Waals surface area contributed by atoms with Crippen molar-refractivity contribution in [1.82, 2.24) is 14.5 Å². The molecule has 2 aliphatic heterocycles. The number of aromatic nitrogens is 3. The van der Waals surface area contributed by atoms with Gasteiger partial charge in [0.2, 0.25) is 0 Å². The van der Waals surface area contributed by atoms with Crippen LogP contribution < -0.4 is 5.56 Å². The largest absolute Gasteiger partial charge is 0.354 e. The number of rotatable bonds is 4. The van der Waals surface area contributed by atoms with Crippen molar-refractivity contribution in [3.63, 3.8) is 0 Å². The Morgan fingerprint density at radius 3 is 2.48 bits per heavy atom. The number of hydrogen-bond acceptors (Lipinski definition) is 2. The summed E-state index contributed by atoms with van der Waals surface area (Å²) >= 11 is 0. The van der Waals surface area contributed by atoms with Crippen LogP contribution in [0.5, 0.6) is 0 Å². The zero-order valence-electron chi connectivity index (χ0n) is 16.7. The minimum atomic E-state index is -0.00833. The molecule has 0 saturated heterocycles. The Hall–Kier alpha value is -3.14. The van der Waals surface area contributed by atoms with Crippen molar-refractivity contribution in [3.05, 3.63) is 93.7 Å². The molecule has 0 atom stereocenters. The lowest BCUT2D eigenvalue weighted by molar-refractivity contribution is 0.682. The van der Waals surface area contributed by atoms with Crippen LogP contribution >= 0.6 is 0 Å². The van der Waals surface area contributed by atoms with Gasteiger partial charge in [-0.1, -0.05) is 73.0 Å². The highest BCUT2D eigenvalue weighted by Gasteiger charge is 2.27. The van der Waals surface area contributed by atoms with Crippen molar-refractivity contribution in [2.75, 3.05) is 0 Å². The molecule has 2 aromatic rings. The number of hydrogen-bond donors (Lipinski definition) is 1. The Morgan fingerprint density at radius 2 is 1.76 bits per heavy atom. The Morgan fingerprint density at radius 1 is 1.03 bits per heavy atom. The minimum Gasteiger partial charge on any atom is -0.354 e. The number of nitrogens with one attached hydrogen (secondary N) is 1. The molecule has 146 valence electrons. The molecule has 1 fully saturated rings. The van der Waals surface area contributed by atoms with E-state index in [-0.39, 0.29) is 5.56 Å². The summed E-state index contributed by atoms with van der Waals surface area (Å²) in [5, 5.41) is 0. The molecule has 0 unspecified atom stereocenters. The zero-order chi connectivity index (χ0) is 19.8. The highest BCUT2D eigenvalue weighted by molar-refractivity contribution is 5.60. The van der Waals surface area contributed by atoms with Gasteiger partial charge in [-0.25, -0.2) is 4.98 Å². The molecule has 0 amide bonds. The predicted molar refractivity (Wildman–Crippen MR) is 116 cm³/mol. The Labute approximate surface area is 170 Å². The first-order valence-corrected chi connectivity index (χ1v) is 10.4. The summed E-state index contributed by atoms with van der Waals surface area (Å²) in [6.45, 7) is 2.07. The van der Waals surface area contributed by atoms with Gasteiger partial charge in [-0.3, -0.25) is 9.36 Å². The van der Waals surface area contributed by atoms with Gasteiger partial charge >= 0.3 is 0 Å². The van der Waals surface area contributed by atoms with E-state index >= 15 is 0 Å². The fourth-order valence-electron chi connectivity index (χ4n) is 4.41. The van der Waals surface area contributed by atoms with E-state index in [2.05, 4.69) is 48.3 Å². The lowest BCUT2D eigenvalue weighted by atomic mass is 10.0. The lowest BCUT2D eigenvalue weighted by Crippen LogP contribution is -2.18. The molecule has 5 rings (SSSR count). The van der Waals surface area contributed by atoms with Crippen molar-refractivity contribution >= 4 is 0 Å². The smallest absolute Gasteiger partial charge is 0.278 e. The molecule has 0 spiro atoms. The number of nitrogens with zero attached hydrogens (tertiary/aromatic N) is 2. The first-order valence-electron chi connectivity index (χ1n) is 10.4. The normalized spacial score (nSPS) is 14.7. The monoisotopic (exact) mass is 383 g/mol. The number of fused-ring (bicyclic) bond motifs is 1. The Balaban J connectivity index is 1.64. The van der Waals surface area contributed by atoms with Gasteiger partial charge < -0.3 is 4.98 Å². The number of aryl methyl sites for hydroxylation is 1. The third-order valence-electron chi connectivity index (χ3n) is 6.04. The van der Waals surface area contributed by atoms with E-state index in [0.717, 1.165) is 41.2 Å². The molecule has 2 aromatic carbocycles. The molecule has 29 heavy (non-hydrogen) atoms. The second-order valence-corrected chi connectivity index (χ2v) is 8.15. The van der Waals surface area contributed by atoms with Crippen molar-refractivity contribution < 1.29 is 0 Å². The molecule has 3 aliphatic rings. The van der Waals surface area contributed by atoms with Crippen LogP contribution in [0.1, 0.15) is 54.1 Å². The standard InChI is InChI=1S/C25H25N3O/c1-17-11-13-18(14-12-17)15-21-25(29)28-16-22(19-7-3-2-4-8-19)26-23(24(28)27-21)20-9-5-6-10-20/h2-4,7-8,11-14,16,20,26H,5-6,9-10,15H2,1H3.